The SMILES string of the molecule is C=C1CN(c2c(C)cccc2F)C(=O)C=C2NN=C(c3ccc(N4CCC(CC)C(C)(C)C4)cc3)C12. The van der Waals surface area contributed by atoms with Gasteiger partial charge < -0.3 is 9.80 Å². The maximum absolute atomic E-state index is 14.7. The molecule has 3 aliphatic heterocycles. The molecule has 2 unspecified atom stereocenters. The summed E-state index contributed by atoms with van der Waals surface area (Å²) in [5.41, 5.74) is 8.88. The number of piperidine rings is 1. The van der Waals surface area contributed by atoms with Gasteiger partial charge in [0.25, 0.3) is 5.91 Å². The Labute approximate surface area is 213 Å². The molecule has 2 aromatic rings. The number of hydrogen-bond acceptors (Lipinski definition) is 4. The van der Waals surface area contributed by atoms with Crippen molar-refractivity contribution in [1.29, 1.82) is 0 Å². The summed E-state index contributed by atoms with van der Waals surface area (Å²) in [5.74, 6) is -0.172. The molecule has 1 fully saturated rings. The smallest absolute Gasteiger partial charge is 0.253 e. The number of rotatable bonds is 4. The number of hydrogen-bond donors (Lipinski definition) is 1. The minimum absolute atomic E-state index is 0.228. The second-order valence-corrected chi connectivity index (χ2v) is 11.0. The molecule has 2 aromatic carbocycles. The van der Waals surface area contributed by atoms with Gasteiger partial charge in [-0.2, -0.15) is 5.10 Å². The third-order valence-electron chi connectivity index (χ3n) is 8.13. The predicted molar refractivity (Wildman–Crippen MR) is 145 cm³/mol. The quantitative estimate of drug-likeness (QED) is 0.555. The van der Waals surface area contributed by atoms with Crippen molar-refractivity contribution >= 4 is 23.0 Å². The van der Waals surface area contributed by atoms with Crippen molar-refractivity contribution in [2.24, 2.45) is 22.4 Å². The number of nitrogens with zero attached hydrogens (tertiary/aromatic N) is 3. The van der Waals surface area contributed by atoms with Gasteiger partial charge in [-0.15, -0.1) is 0 Å². The Morgan fingerprint density at radius 2 is 1.94 bits per heavy atom. The number of carbonyl (C=O) groups is 1. The Balaban J connectivity index is 1.37. The van der Waals surface area contributed by atoms with E-state index in [0.29, 0.717) is 16.9 Å². The molecule has 2 atom stereocenters. The minimum atomic E-state index is -0.412. The van der Waals surface area contributed by atoms with E-state index in [4.69, 9.17) is 0 Å². The van der Waals surface area contributed by atoms with Crippen LogP contribution in [0.4, 0.5) is 15.8 Å². The average molecular weight is 487 g/mol. The van der Waals surface area contributed by atoms with Crippen molar-refractivity contribution < 1.29 is 9.18 Å². The number of anilines is 2. The first kappa shape index (κ1) is 24.3. The Hall–Kier alpha value is -3.41. The number of nitrogens with one attached hydrogen (secondary N) is 1. The van der Waals surface area contributed by atoms with Gasteiger partial charge in [0.2, 0.25) is 0 Å². The Morgan fingerprint density at radius 1 is 1.19 bits per heavy atom. The van der Waals surface area contributed by atoms with Crippen molar-refractivity contribution in [3.8, 4) is 0 Å². The molecule has 5 nitrogen and oxygen atoms in total. The van der Waals surface area contributed by atoms with Crippen molar-refractivity contribution in [2.45, 2.75) is 40.5 Å². The molecular formula is C30H35FN4O. The second kappa shape index (κ2) is 9.23. The van der Waals surface area contributed by atoms with E-state index in [1.54, 1.807) is 6.07 Å². The van der Waals surface area contributed by atoms with E-state index >= 15 is 0 Å². The van der Waals surface area contributed by atoms with Crippen LogP contribution in [0.25, 0.3) is 0 Å². The van der Waals surface area contributed by atoms with Crippen molar-refractivity contribution in [3.63, 3.8) is 0 Å². The number of para-hydroxylation sites is 1. The number of fused-ring (bicyclic) bond motifs is 1. The summed E-state index contributed by atoms with van der Waals surface area (Å²) in [5, 5.41) is 4.58. The lowest BCUT2D eigenvalue weighted by molar-refractivity contribution is -0.114. The zero-order valence-electron chi connectivity index (χ0n) is 21.6. The summed E-state index contributed by atoms with van der Waals surface area (Å²) in [6.07, 6.45) is 3.97. The lowest BCUT2D eigenvalue weighted by atomic mass is 9.72. The molecular weight excluding hydrogens is 451 g/mol. The van der Waals surface area contributed by atoms with Gasteiger partial charge in [0.05, 0.1) is 23.0 Å². The summed E-state index contributed by atoms with van der Waals surface area (Å²) >= 11 is 0. The lowest BCUT2D eigenvalue weighted by Gasteiger charge is -2.45. The van der Waals surface area contributed by atoms with E-state index in [-0.39, 0.29) is 23.8 Å². The number of amides is 1. The first-order chi connectivity index (χ1) is 17.2. The van der Waals surface area contributed by atoms with Gasteiger partial charge in [-0.3, -0.25) is 10.2 Å². The highest BCUT2D eigenvalue weighted by Crippen LogP contribution is 2.39. The van der Waals surface area contributed by atoms with Crippen LogP contribution in [0.3, 0.4) is 0 Å². The summed E-state index contributed by atoms with van der Waals surface area (Å²) in [6, 6.07) is 13.4. The van der Waals surface area contributed by atoms with Crippen LogP contribution in [-0.2, 0) is 4.79 Å². The van der Waals surface area contributed by atoms with E-state index in [1.807, 2.05) is 13.0 Å². The Kier molecular flexibility index (Phi) is 6.23. The van der Waals surface area contributed by atoms with Gasteiger partial charge in [0, 0.05) is 31.4 Å². The van der Waals surface area contributed by atoms with Crippen LogP contribution in [0, 0.1) is 30.0 Å². The first-order valence-corrected chi connectivity index (χ1v) is 12.8. The fraction of sp³-hybridized carbons (Fsp3) is 0.400. The number of aryl methyl sites for hydroxylation is 1. The number of carbonyl (C=O) groups excluding carboxylic acids is 1. The van der Waals surface area contributed by atoms with E-state index in [0.717, 1.165) is 35.9 Å². The van der Waals surface area contributed by atoms with Gasteiger partial charge in [0.15, 0.2) is 0 Å². The van der Waals surface area contributed by atoms with Crippen LogP contribution in [-0.4, -0.2) is 31.3 Å². The summed E-state index contributed by atoms with van der Waals surface area (Å²) in [7, 11) is 0. The molecule has 3 aliphatic rings. The number of allylic oxidation sites excluding steroid dienone is 1. The molecule has 6 heteroatoms. The average Bonchev–Trinajstić information content (AvgIpc) is 3.21. The molecule has 3 heterocycles. The molecule has 0 aromatic heterocycles. The van der Waals surface area contributed by atoms with Crippen LogP contribution in [0.2, 0.25) is 0 Å². The predicted octanol–water partition coefficient (Wildman–Crippen LogP) is 5.81. The second-order valence-electron chi connectivity index (χ2n) is 11.0. The fourth-order valence-corrected chi connectivity index (χ4v) is 6.12. The molecule has 1 amide bonds. The van der Waals surface area contributed by atoms with Crippen LogP contribution in [0.5, 0.6) is 0 Å². The van der Waals surface area contributed by atoms with Crippen LogP contribution >= 0.6 is 0 Å². The van der Waals surface area contributed by atoms with Gasteiger partial charge >= 0.3 is 0 Å². The molecule has 5 rings (SSSR count). The summed E-state index contributed by atoms with van der Waals surface area (Å²) in [4.78, 5) is 17.1. The number of hydrazone groups is 1. The topological polar surface area (TPSA) is 47.9 Å². The molecule has 36 heavy (non-hydrogen) atoms. The summed E-state index contributed by atoms with van der Waals surface area (Å²) < 4.78 is 14.7. The highest BCUT2D eigenvalue weighted by molar-refractivity contribution is 6.10. The number of benzene rings is 2. The molecule has 1 N–H and O–H groups in total. The standard InChI is InChI=1S/C30H35FN4O/c1-6-22-14-15-34(18-30(22,4)5)23-12-10-21(11-13-23)28-27-20(3)17-35(26(36)16-25(27)32-33-28)29-19(2)8-7-9-24(29)31/h7-13,16,22,27,32H,3,6,14-15,17-18H2,1-2,4-5H3. The van der Waals surface area contributed by atoms with Gasteiger partial charge in [-0.25, -0.2) is 4.39 Å². The van der Waals surface area contributed by atoms with E-state index in [2.05, 4.69) is 67.0 Å². The molecule has 0 saturated carbocycles. The Bertz CT molecular complexity index is 1240. The van der Waals surface area contributed by atoms with E-state index in [1.165, 1.54) is 35.6 Å². The Morgan fingerprint density at radius 3 is 2.61 bits per heavy atom. The van der Waals surface area contributed by atoms with E-state index < -0.39 is 5.82 Å². The molecule has 1 saturated heterocycles. The number of halogens is 1. The molecule has 0 aliphatic carbocycles. The zero-order valence-corrected chi connectivity index (χ0v) is 21.6. The third kappa shape index (κ3) is 4.23. The largest absolute Gasteiger partial charge is 0.371 e. The highest BCUT2D eigenvalue weighted by Gasteiger charge is 2.37. The van der Waals surface area contributed by atoms with Crippen LogP contribution in [0.1, 0.15) is 44.7 Å². The van der Waals surface area contributed by atoms with Crippen LogP contribution < -0.4 is 15.2 Å². The molecule has 0 spiro atoms. The first-order valence-electron chi connectivity index (χ1n) is 12.8. The monoisotopic (exact) mass is 486 g/mol. The lowest BCUT2D eigenvalue weighted by Crippen LogP contribution is -2.45. The zero-order chi connectivity index (χ0) is 25.6. The van der Waals surface area contributed by atoms with Gasteiger partial charge in [-0.1, -0.05) is 58.0 Å². The fourth-order valence-electron chi connectivity index (χ4n) is 6.12. The van der Waals surface area contributed by atoms with Crippen LogP contribution in [0.15, 0.2) is 71.5 Å². The van der Waals surface area contributed by atoms with Crippen molar-refractivity contribution in [3.05, 3.63) is 83.3 Å². The molecule has 188 valence electrons. The minimum Gasteiger partial charge on any atom is -0.371 e. The van der Waals surface area contributed by atoms with Crippen molar-refractivity contribution in [2.75, 3.05) is 29.4 Å². The van der Waals surface area contributed by atoms with E-state index in [9.17, 15) is 9.18 Å². The normalized spacial score (nSPS) is 23.6. The van der Waals surface area contributed by atoms with Gasteiger partial charge in [-0.05, 0) is 59.6 Å². The summed E-state index contributed by atoms with van der Waals surface area (Å²) in [6.45, 7) is 15.5. The molecule has 0 radical (unpaired) electrons. The maximum atomic E-state index is 14.7. The van der Waals surface area contributed by atoms with Gasteiger partial charge in [0.1, 0.15) is 5.82 Å². The third-order valence-corrected chi connectivity index (χ3v) is 8.13. The maximum Gasteiger partial charge on any atom is 0.253 e. The highest BCUT2D eigenvalue weighted by atomic mass is 19.1. The van der Waals surface area contributed by atoms with Crippen molar-refractivity contribution in [1.82, 2.24) is 5.43 Å². The molecule has 0 bridgehead atoms.